The summed E-state index contributed by atoms with van der Waals surface area (Å²) in [6.07, 6.45) is 2.74. The van der Waals surface area contributed by atoms with Crippen molar-refractivity contribution in [3.63, 3.8) is 0 Å². The molecule has 0 atom stereocenters. The lowest BCUT2D eigenvalue weighted by molar-refractivity contribution is 0.465. The summed E-state index contributed by atoms with van der Waals surface area (Å²) in [6, 6.07) is 3.70. The molecule has 6 nitrogen and oxygen atoms in total. The highest BCUT2D eigenvalue weighted by Crippen LogP contribution is 2.26. The number of hydrogen-bond donors (Lipinski definition) is 2. The average Bonchev–Trinajstić information content (AvgIpc) is 2.26. The minimum atomic E-state index is -4.72. The molecule has 0 amide bonds. The molecule has 0 aliphatic rings. The fourth-order valence-corrected chi connectivity index (χ4v) is 3.89. The third-order valence-electron chi connectivity index (χ3n) is 2.65. The molecule has 0 aromatic heterocycles. The van der Waals surface area contributed by atoms with Crippen molar-refractivity contribution in [2.24, 2.45) is 0 Å². The van der Waals surface area contributed by atoms with E-state index >= 15 is 0 Å². The van der Waals surface area contributed by atoms with Gasteiger partial charge in [0.2, 0.25) is 0 Å². The van der Waals surface area contributed by atoms with Crippen LogP contribution in [0.3, 0.4) is 0 Å². The van der Waals surface area contributed by atoms with Crippen LogP contribution in [0.25, 0.3) is 0 Å². The lowest BCUT2D eigenvalue weighted by Gasteiger charge is -2.10. The number of benzene rings is 1. The molecule has 108 valence electrons. The van der Waals surface area contributed by atoms with Crippen molar-refractivity contribution in [3.05, 3.63) is 23.8 Å². The molecule has 8 heteroatoms. The predicted molar refractivity (Wildman–Crippen MR) is 69.3 cm³/mol. The third kappa shape index (κ3) is 4.27. The van der Waals surface area contributed by atoms with Gasteiger partial charge in [-0.1, -0.05) is 31.9 Å². The van der Waals surface area contributed by atoms with Gasteiger partial charge in [-0.05, 0) is 24.5 Å². The molecule has 1 rings (SSSR count). The largest absolute Gasteiger partial charge is 0.296 e. The van der Waals surface area contributed by atoms with E-state index in [0.29, 0.717) is 12.8 Å². The van der Waals surface area contributed by atoms with Gasteiger partial charge in [0.1, 0.15) is 9.79 Å². The zero-order chi connectivity index (χ0) is 14.7. The highest BCUT2D eigenvalue weighted by Gasteiger charge is 2.26. The Kier molecular flexibility index (Phi) is 5.08. The summed E-state index contributed by atoms with van der Waals surface area (Å²) < 4.78 is 63.2. The molecule has 0 saturated carbocycles. The fourth-order valence-electron chi connectivity index (χ4n) is 1.82. The first-order chi connectivity index (χ1) is 8.68. The Balaban J connectivity index is 3.41. The molecule has 0 aliphatic heterocycles. The Morgan fingerprint density at radius 3 is 2.11 bits per heavy atom. The first-order valence-corrected chi connectivity index (χ1v) is 8.62. The highest BCUT2D eigenvalue weighted by atomic mass is 32.2. The maximum atomic E-state index is 11.3. The Morgan fingerprint density at radius 2 is 1.63 bits per heavy atom. The van der Waals surface area contributed by atoms with Gasteiger partial charge in [0.05, 0.1) is 0 Å². The van der Waals surface area contributed by atoms with Gasteiger partial charge < -0.3 is 0 Å². The van der Waals surface area contributed by atoms with Gasteiger partial charge in [-0.15, -0.1) is 0 Å². The molecule has 0 fully saturated rings. The Morgan fingerprint density at radius 1 is 1.00 bits per heavy atom. The summed E-state index contributed by atoms with van der Waals surface area (Å²) in [5.74, 6) is 0. The molecule has 2 N–H and O–H groups in total. The summed E-state index contributed by atoms with van der Waals surface area (Å²) in [6.45, 7) is 1.97. The zero-order valence-electron chi connectivity index (χ0n) is 10.4. The third-order valence-corrected chi connectivity index (χ3v) is 4.67. The second kappa shape index (κ2) is 6.00. The van der Waals surface area contributed by atoms with E-state index in [4.69, 9.17) is 9.11 Å². The van der Waals surface area contributed by atoms with Gasteiger partial charge in [-0.3, -0.25) is 9.11 Å². The number of rotatable bonds is 6. The van der Waals surface area contributed by atoms with Crippen molar-refractivity contribution in [1.82, 2.24) is 0 Å². The van der Waals surface area contributed by atoms with E-state index in [1.165, 1.54) is 12.1 Å². The summed E-state index contributed by atoms with van der Waals surface area (Å²) in [7, 11) is -9.43. The molecule has 0 radical (unpaired) electrons. The maximum Gasteiger partial charge on any atom is 0.296 e. The summed E-state index contributed by atoms with van der Waals surface area (Å²) >= 11 is 0. The molecule has 0 unspecified atom stereocenters. The predicted octanol–water partition coefficient (Wildman–Crippen LogP) is 1.91. The van der Waals surface area contributed by atoms with Crippen LogP contribution in [0.1, 0.15) is 31.7 Å². The maximum absolute atomic E-state index is 11.3. The summed E-state index contributed by atoms with van der Waals surface area (Å²) in [4.78, 5) is -1.52. The SMILES string of the molecule is CCCCCc1cccc(S(=O)(=O)O)c1S(=O)(=O)O. The Labute approximate surface area is 113 Å². The highest BCUT2D eigenvalue weighted by molar-refractivity contribution is 7.89. The molecule has 0 aliphatic carbocycles. The second-order valence-corrected chi connectivity index (χ2v) is 6.90. The zero-order valence-corrected chi connectivity index (χ0v) is 12.0. The van der Waals surface area contributed by atoms with Crippen LogP contribution < -0.4 is 0 Å². The van der Waals surface area contributed by atoms with Crippen LogP contribution in [0.2, 0.25) is 0 Å². The van der Waals surface area contributed by atoms with Gasteiger partial charge in [-0.2, -0.15) is 16.8 Å². The molecule has 19 heavy (non-hydrogen) atoms. The first-order valence-electron chi connectivity index (χ1n) is 5.74. The number of unbranched alkanes of at least 4 members (excludes halogenated alkanes) is 2. The summed E-state index contributed by atoms with van der Waals surface area (Å²) in [5, 5.41) is 0. The molecule has 0 heterocycles. The van der Waals surface area contributed by atoms with Crippen LogP contribution in [-0.2, 0) is 26.7 Å². The van der Waals surface area contributed by atoms with Crippen LogP contribution in [-0.4, -0.2) is 25.9 Å². The normalized spacial score (nSPS) is 12.6. The molecular weight excluding hydrogens is 292 g/mol. The van der Waals surface area contributed by atoms with Crippen LogP contribution in [0.15, 0.2) is 28.0 Å². The van der Waals surface area contributed by atoms with Crippen molar-refractivity contribution < 1.29 is 25.9 Å². The lowest BCUT2D eigenvalue weighted by Crippen LogP contribution is -2.11. The quantitative estimate of drug-likeness (QED) is 0.614. The van der Waals surface area contributed by atoms with E-state index in [-0.39, 0.29) is 5.56 Å². The van der Waals surface area contributed by atoms with Crippen LogP contribution >= 0.6 is 0 Å². The molecule has 0 saturated heterocycles. The Hall–Kier alpha value is -0.960. The van der Waals surface area contributed by atoms with Crippen molar-refractivity contribution in [3.8, 4) is 0 Å². The minimum Gasteiger partial charge on any atom is -0.282 e. The van der Waals surface area contributed by atoms with Crippen molar-refractivity contribution >= 4 is 20.2 Å². The van der Waals surface area contributed by atoms with E-state index < -0.39 is 30.0 Å². The van der Waals surface area contributed by atoms with Gasteiger partial charge in [0.15, 0.2) is 0 Å². The average molecular weight is 308 g/mol. The lowest BCUT2D eigenvalue weighted by atomic mass is 10.1. The monoisotopic (exact) mass is 308 g/mol. The fraction of sp³-hybridized carbons (Fsp3) is 0.455. The molecule has 0 bridgehead atoms. The van der Waals surface area contributed by atoms with E-state index in [0.717, 1.165) is 18.9 Å². The van der Waals surface area contributed by atoms with Crippen LogP contribution in [0, 0.1) is 0 Å². The smallest absolute Gasteiger partial charge is 0.282 e. The standard InChI is InChI=1S/C11H16O6S2/c1-2-3-4-6-9-7-5-8-10(18(12,13)14)11(9)19(15,16)17/h5,7-8H,2-4,6H2,1H3,(H,12,13,14)(H,15,16,17). The van der Waals surface area contributed by atoms with Crippen molar-refractivity contribution in [1.29, 1.82) is 0 Å². The van der Waals surface area contributed by atoms with Crippen molar-refractivity contribution in [2.45, 2.75) is 42.4 Å². The van der Waals surface area contributed by atoms with Gasteiger partial charge in [-0.25, -0.2) is 0 Å². The summed E-state index contributed by atoms with van der Waals surface area (Å²) in [5.41, 5.74) is 0.186. The van der Waals surface area contributed by atoms with Gasteiger partial charge in [0, 0.05) is 0 Å². The van der Waals surface area contributed by atoms with E-state index in [1.54, 1.807) is 0 Å². The first kappa shape index (κ1) is 16.1. The van der Waals surface area contributed by atoms with E-state index in [2.05, 4.69) is 0 Å². The second-order valence-electron chi connectivity index (χ2n) is 4.15. The minimum absolute atomic E-state index is 0.186. The van der Waals surface area contributed by atoms with Gasteiger partial charge in [0.25, 0.3) is 20.2 Å². The molecule has 1 aromatic carbocycles. The van der Waals surface area contributed by atoms with E-state index in [9.17, 15) is 16.8 Å². The number of aryl methyl sites for hydroxylation is 1. The Bertz CT molecular complexity index is 646. The topological polar surface area (TPSA) is 109 Å². The van der Waals surface area contributed by atoms with Crippen LogP contribution in [0.5, 0.6) is 0 Å². The van der Waals surface area contributed by atoms with E-state index in [1.807, 2.05) is 6.92 Å². The van der Waals surface area contributed by atoms with Crippen molar-refractivity contribution in [2.75, 3.05) is 0 Å². The number of hydrogen-bond acceptors (Lipinski definition) is 4. The molecular formula is C11H16O6S2. The van der Waals surface area contributed by atoms with Crippen LogP contribution in [0.4, 0.5) is 0 Å². The molecule has 1 aromatic rings. The van der Waals surface area contributed by atoms with Gasteiger partial charge >= 0.3 is 0 Å². The molecule has 0 spiro atoms.